The lowest BCUT2D eigenvalue weighted by molar-refractivity contribution is -0.129. The van der Waals surface area contributed by atoms with E-state index < -0.39 is 0 Å². The van der Waals surface area contributed by atoms with Crippen LogP contribution in [0.4, 0.5) is 11.6 Å². The smallest absolute Gasteiger partial charge is 0.219 e. The van der Waals surface area contributed by atoms with Crippen molar-refractivity contribution in [1.29, 1.82) is 0 Å². The summed E-state index contributed by atoms with van der Waals surface area (Å²) in [6.07, 6.45) is 2.32. The molecular formula is C12H19N5O. The van der Waals surface area contributed by atoms with Gasteiger partial charge in [0.05, 0.1) is 0 Å². The van der Waals surface area contributed by atoms with Crippen molar-refractivity contribution < 1.29 is 4.79 Å². The van der Waals surface area contributed by atoms with Crippen LogP contribution in [-0.2, 0) is 11.2 Å². The van der Waals surface area contributed by atoms with Crippen molar-refractivity contribution >= 4 is 17.5 Å². The van der Waals surface area contributed by atoms with Gasteiger partial charge < -0.3 is 15.5 Å². The first-order valence-electron chi connectivity index (χ1n) is 6.23. The lowest BCUT2D eigenvalue weighted by Crippen LogP contribution is -2.48. The minimum absolute atomic E-state index is 0.132. The van der Waals surface area contributed by atoms with Gasteiger partial charge in [-0.3, -0.25) is 4.79 Å². The molecule has 2 rings (SSSR count). The van der Waals surface area contributed by atoms with Gasteiger partial charge in [0.1, 0.15) is 18.0 Å². The molecule has 18 heavy (non-hydrogen) atoms. The van der Waals surface area contributed by atoms with Crippen molar-refractivity contribution in [3.8, 4) is 0 Å². The van der Waals surface area contributed by atoms with Crippen LogP contribution >= 0.6 is 0 Å². The second-order valence-electron chi connectivity index (χ2n) is 4.41. The van der Waals surface area contributed by atoms with Gasteiger partial charge >= 0.3 is 0 Å². The first kappa shape index (κ1) is 12.6. The highest BCUT2D eigenvalue weighted by Crippen LogP contribution is 2.22. The van der Waals surface area contributed by atoms with Gasteiger partial charge in [0.15, 0.2) is 0 Å². The van der Waals surface area contributed by atoms with Crippen LogP contribution in [-0.4, -0.2) is 47.0 Å². The Balaban J connectivity index is 2.14. The fourth-order valence-electron chi connectivity index (χ4n) is 2.26. The quantitative estimate of drug-likeness (QED) is 0.815. The van der Waals surface area contributed by atoms with E-state index >= 15 is 0 Å². The topological polar surface area (TPSA) is 75.3 Å². The van der Waals surface area contributed by atoms with Crippen molar-refractivity contribution in [3.05, 3.63) is 11.9 Å². The van der Waals surface area contributed by atoms with Crippen molar-refractivity contribution in [2.24, 2.45) is 0 Å². The Morgan fingerprint density at radius 3 is 2.56 bits per heavy atom. The molecule has 0 saturated carbocycles. The molecule has 1 saturated heterocycles. The Labute approximate surface area is 107 Å². The normalized spacial score (nSPS) is 15.9. The third-order valence-corrected chi connectivity index (χ3v) is 3.33. The average molecular weight is 249 g/mol. The van der Waals surface area contributed by atoms with Gasteiger partial charge in [0.2, 0.25) is 5.91 Å². The molecule has 6 nitrogen and oxygen atoms in total. The Kier molecular flexibility index (Phi) is 3.64. The van der Waals surface area contributed by atoms with E-state index in [9.17, 15) is 4.79 Å². The average Bonchev–Trinajstić information content (AvgIpc) is 2.38. The number of nitrogen functional groups attached to an aromatic ring is 1. The van der Waals surface area contributed by atoms with Crippen LogP contribution in [0.2, 0.25) is 0 Å². The minimum atomic E-state index is 0.132. The van der Waals surface area contributed by atoms with E-state index in [1.807, 2.05) is 11.8 Å². The monoisotopic (exact) mass is 249 g/mol. The number of carbonyl (C=O) groups excluding carboxylic acids is 1. The van der Waals surface area contributed by atoms with Gasteiger partial charge in [-0.1, -0.05) is 6.92 Å². The largest absolute Gasteiger partial charge is 0.383 e. The summed E-state index contributed by atoms with van der Waals surface area (Å²) in [4.78, 5) is 23.7. The van der Waals surface area contributed by atoms with E-state index in [1.54, 1.807) is 6.92 Å². The summed E-state index contributed by atoms with van der Waals surface area (Å²) in [6.45, 7) is 6.72. The number of hydrogen-bond acceptors (Lipinski definition) is 5. The Bertz CT molecular complexity index is 440. The first-order valence-corrected chi connectivity index (χ1v) is 6.23. The minimum Gasteiger partial charge on any atom is -0.383 e. The third-order valence-electron chi connectivity index (χ3n) is 3.33. The number of nitrogens with zero attached hydrogens (tertiary/aromatic N) is 4. The van der Waals surface area contributed by atoms with Crippen LogP contribution in [0.1, 0.15) is 19.4 Å². The SMILES string of the molecule is CCc1c(N)ncnc1N1CCN(C(C)=O)CC1. The zero-order valence-electron chi connectivity index (χ0n) is 10.9. The molecule has 1 fully saturated rings. The molecule has 1 aliphatic rings. The third kappa shape index (κ3) is 2.37. The van der Waals surface area contributed by atoms with Crippen molar-refractivity contribution in [1.82, 2.24) is 14.9 Å². The second kappa shape index (κ2) is 5.20. The number of piperazine rings is 1. The Hall–Kier alpha value is -1.85. The number of amides is 1. The van der Waals surface area contributed by atoms with E-state index in [-0.39, 0.29) is 5.91 Å². The molecule has 0 bridgehead atoms. The summed E-state index contributed by atoms with van der Waals surface area (Å²) in [5.41, 5.74) is 6.87. The van der Waals surface area contributed by atoms with Crippen LogP contribution in [0.15, 0.2) is 6.33 Å². The lowest BCUT2D eigenvalue weighted by Gasteiger charge is -2.35. The summed E-state index contributed by atoms with van der Waals surface area (Å²) < 4.78 is 0. The summed E-state index contributed by atoms with van der Waals surface area (Å²) >= 11 is 0. The summed E-state index contributed by atoms with van der Waals surface area (Å²) in [5.74, 6) is 1.59. The molecule has 1 amide bonds. The maximum atomic E-state index is 11.3. The standard InChI is InChI=1S/C12H19N5O/c1-3-10-11(13)14-8-15-12(10)17-6-4-16(5-7-17)9(2)18/h8H,3-7H2,1-2H3,(H2,13,14,15). The predicted octanol–water partition coefficient (Wildman–Crippen LogP) is 0.290. The van der Waals surface area contributed by atoms with Gasteiger partial charge in [-0.05, 0) is 6.42 Å². The van der Waals surface area contributed by atoms with E-state index in [0.29, 0.717) is 5.82 Å². The number of anilines is 2. The summed E-state index contributed by atoms with van der Waals surface area (Å²) in [5, 5.41) is 0. The number of rotatable bonds is 2. The molecule has 98 valence electrons. The molecule has 2 N–H and O–H groups in total. The van der Waals surface area contributed by atoms with Crippen molar-refractivity contribution in [2.75, 3.05) is 36.8 Å². The Morgan fingerprint density at radius 2 is 2.00 bits per heavy atom. The predicted molar refractivity (Wildman–Crippen MR) is 70.3 cm³/mol. The highest BCUT2D eigenvalue weighted by Gasteiger charge is 2.22. The lowest BCUT2D eigenvalue weighted by atomic mass is 10.2. The van der Waals surface area contributed by atoms with E-state index in [0.717, 1.165) is 44.0 Å². The van der Waals surface area contributed by atoms with Gasteiger partial charge in [-0.25, -0.2) is 9.97 Å². The van der Waals surface area contributed by atoms with Gasteiger partial charge in [-0.15, -0.1) is 0 Å². The Morgan fingerprint density at radius 1 is 1.33 bits per heavy atom. The highest BCUT2D eigenvalue weighted by atomic mass is 16.2. The number of carbonyl (C=O) groups is 1. The van der Waals surface area contributed by atoms with E-state index in [4.69, 9.17) is 5.73 Å². The van der Waals surface area contributed by atoms with Crippen LogP contribution in [0.5, 0.6) is 0 Å². The number of hydrogen-bond donors (Lipinski definition) is 1. The summed E-state index contributed by atoms with van der Waals surface area (Å²) in [6, 6.07) is 0. The fourth-order valence-corrected chi connectivity index (χ4v) is 2.26. The molecule has 1 aromatic heterocycles. The van der Waals surface area contributed by atoms with E-state index in [2.05, 4.69) is 14.9 Å². The molecule has 0 atom stereocenters. The second-order valence-corrected chi connectivity index (χ2v) is 4.41. The molecular weight excluding hydrogens is 230 g/mol. The highest BCUT2D eigenvalue weighted by molar-refractivity contribution is 5.73. The van der Waals surface area contributed by atoms with E-state index in [1.165, 1.54) is 6.33 Å². The van der Waals surface area contributed by atoms with Crippen molar-refractivity contribution in [3.63, 3.8) is 0 Å². The molecule has 0 aliphatic carbocycles. The number of nitrogens with two attached hydrogens (primary N) is 1. The maximum absolute atomic E-state index is 11.3. The van der Waals surface area contributed by atoms with Gasteiger partial charge in [0.25, 0.3) is 0 Å². The first-order chi connectivity index (χ1) is 8.63. The molecule has 0 radical (unpaired) electrons. The van der Waals surface area contributed by atoms with Crippen LogP contribution in [0.25, 0.3) is 0 Å². The van der Waals surface area contributed by atoms with Crippen LogP contribution < -0.4 is 10.6 Å². The summed E-state index contributed by atoms with van der Waals surface area (Å²) in [7, 11) is 0. The zero-order chi connectivity index (χ0) is 13.1. The molecule has 0 unspecified atom stereocenters. The van der Waals surface area contributed by atoms with Crippen LogP contribution in [0, 0.1) is 0 Å². The maximum Gasteiger partial charge on any atom is 0.219 e. The molecule has 6 heteroatoms. The molecule has 0 aromatic carbocycles. The van der Waals surface area contributed by atoms with Crippen LogP contribution in [0.3, 0.4) is 0 Å². The molecule has 2 heterocycles. The van der Waals surface area contributed by atoms with Gasteiger partial charge in [0, 0.05) is 38.7 Å². The molecule has 0 spiro atoms. The van der Waals surface area contributed by atoms with Gasteiger partial charge in [-0.2, -0.15) is 0 Å². The molecule has 1 aliphatic heterocycles. The zero-order valence-corrected chi connectivity index (χ0v) is 10.9. The molecule has 1 aromatic rings. The van der Waals surface area contributed by atoms with Crippen molar-refractivity contribution in [2.45, 2.75) is 20.3 Å². The number of aromatic nitrogens is 2. The fraction of sp³-hybridized carbons (Fsp3) is 0.583.